The first-order chi connectivity index (χ1) is 11.0. The van der Waals surface area contributed by atoms with Crippen LogP contribution in [-0.2, 0) is 11.3 Å². The molecular formula is C18H28N2O3. The Bertz CT molecular complexity index is 522. The van der Waals surface area contributed by atoms with Gasteiger partial charge in [0.15, 0.2) is 0 Å². The van der Waals surface area contributed by atoms with Crippen molar-refractivity contribution >= 4 is 6.03 Å². The minimum Gasteiger partial charge on any atom is -0.394 e. The third-order valence-electron chi connectivity index (χ3n) is 4.37. The second-order valence-corrected chi connectivity index (χ2v) is 6.34. The first kappa shape index (κ1) is 17.8. The van der Waals surface area contributed by atoms with Gasteiger partial charge in [-0.2, -0.15) is 0 Å². The summed E-state index contributed by atoms with van der Waals surface area (Å²) >= 11 is 0. The number of benzene rings is 1. The van der Waals surface area contributed by atoms with Crippen molar-refractivity contribution in [2.24, 2.45) is 0 Å². The highest BCUT2D eigenvalue weighted by atomic mass is 16.5. The summed E-state index contributed by atoms with van der Waals surface area (Å²) in [6, 6.07) is 4.25. The number of aliphatic hydroxyl groups is 1. The number of piperidine rings is 1. The van der Waals surface area contributed by atoms with Gasteiger partial charge in [0.05, 0.1) is 19.3 Å². The lowest BCUT2D eigenvalue weighted by Gasteiger charge is -2.32. The summed E-state index contributed by atoms with van der Waals surface area (Å²) in [6.07, 6.45) is 1.91. The zero-order chi connectivity index (χ0) is 16.8. The molecule has 1 aliphatic heterocycles. The number of ether oxygens (including phenoxy) is 1. The van der Waals surface area contributed by atoms with Crippen molar-refractivity contribution in [3.63, 3.8) is 0 Å². The van der Waals surface area contributed by atoms with E-state index in [2.05, 4.69) is 38.2 Å². The number of aliphatic hydroxyl groups excluding tert-OH is 1. The molecule has 1 heterocycles. The second kappa shape index (κ2) is 8.31. The number of nitrogens with one attached hydrogen (secondary N) is 1. The van der Waals surface area contributed by atoms with E-state index in [0.29, 0.717) is 19.7 Å². The lowest BCUT2D eigenvalue weighted by Crippen LogP contribution is -2.47. The molecule has 1 aliphatic rings. The quantitative estimate of drug-likeness (QED) is 0.875. The number of aryl methyl sites for hydroxylation is 3. The molecular weight excluding hydrogens is 292 g/mol. The lowest BCUT2D eigenvalue weighted by molar-refractivity contribution is -0.00580. The van der Waals surface area contributed by atoms with Gasteiger partial charge in [-0.3, -0.25) is 0 Å². The maximum atomic E-state index is 12.4. The third-order valence-corrected chi connectivity index (χ3v) is 4.37. The van der Waals surface area contributed by atoms with Gasteiger partial charge in [-0.25, -0.2) is 4.79 Å². The molecule has 1 unspecified atom stereocenters. The molecule has 0 aliphatic carbocycles. The van der Waals surface area contributed by atoms with Crippen molar-refractivity contribution in [3.05, 3.63) is 34.4 Å². The average molecular weight is 320 g/mol. The molecule has 0 spiro atoms. The van der Waals surface area contributed by atoms with Crippen LogP contribution in [0, 0.1) is 20.8 Å². The molecule has 23 heavy (non-hydrogen) atoms. The summed E-state index contributed by atoms with van der Waals surface area (Å²) in [6.45, 7) is 8.52. The minimum atomic E-state index is -0.0401. The molecule has 0 aromatic heterocycles. The van der Waals surface area contributed by atoms with E-state index < -0.39 is 0 Å². The molecule has 2 amide bonds. The van der Waals surface area contributed by atoms with Crippen molar-refractivity contribution < 1.29 is 14.6 Å². The van der Waals surface area contributed by atoms with Crippen LogP contribution in [0.15, 0.2) is 12.1 Å². The van der Waals surface area contributed by atoms with Crippen LogP contribution in [0.1, 0.15) is 35.1 Å². The summed E-state index contributed by atoms with van der Waals surface area (Å²) in [4.78, 5) is 14.2. The Labute approximate surface area is 138 Å². The van der Waals surface area contributed by atoms with E-state index in [-0.39, 0.29) is 18.7 Å². The van der Waals surface area contributed by atoms with Crippen molar-refractivity contribution in [1.82, 2.24) is 10.2 Å². The topological polar surface area (TPSA) is 61.8 Å². The normalized spacial score (nSPS) is 18.1. The van der Waals surface area contributed by atoms with Crippen molar-refractivity contribution in [2.45, 2.75) is 46.3 Å². The highest BCUT2D eigenvalue weighted by molar-refractivity contribution is 5.74. The van der Waals surface area contributed by atoms with Crippen LogP contribution in [0.4, 0.5) is 4.79 Å². The highest BCUT2D eigenvalue weighted by Crippen LogP contribution is 2.17. The molecule has 128 valence electrons. The Morgan fingerprint density at radius 1 is 1.35 bits per heavy atom. The fourth-order valence-corrected chi connectivity index (χ4v) is 3.24. The number of hydrogen-bond acceptors (Lipinski definition) is 3. The molecule has 1 aromatic carbocycles. The number of nitrogens with zero attached hydrogens (tertiary/aromatic N) is 1. The number of carbonyl (C=O) groups is 1. The smallest absolute Gasteiger partial charge is 0.317 e. The van der Waals surface area contributed by atoms with Gasteiger partial charge < -0.3 is 20.1 Å². The molecule has 2 rings (SSSR count). The SMILES string of the molecule is Cc1cc(C)c(CNC(=O)N2CCCC(OCCO)C2)c(C)c1. The number of likely N-dealkylation sites (tertiary alicyclic amines) is 1. The van der Waals surface area contributed by atoms with Crippen LogP contribution in [0.25, 0.3) is 0 Å². The van der Waals surface area contributed by atoms with Gasteiger partial charge in [-0.1, -0.05) is 17.7 Å². The van der Waals surface area contributed by atoms with Gasteiger partial charge in [0.25, 0.3) is 0 Å². The summed E-state index contributed by atoms with van der Waals surface area (Å²) in [5.74, 6) is 0. The highest BCUT2D eigenvalue weighted by Gasteiger charge is 2.24. The number of amides is 2. The first-order valence-corrected chi connectivity index (χ1v) is 8.33. The summed E-state index contributed by atoms with van der Waals surface area (Å²) < 4.78 is 5.56. The van der Waals surface area contributed by atoms with Crippen molar-refractivity contribution in [3.8, 4) is 0 Å². The predicted octanol–water partition coefficient (Wildman–Crippen LogP) is 2.29. The molecule has 2 N–H and O–H groups in total. The molecule has 1 fully saturated rings. The third kappa shape index (κ3) is 4.94. The number of carbonyl (C=O) groups excluding carboxylic acids is 1. The predicted molar refractivity (Wildman–Crippen MR) is 90.5 cm³/mol. The summed E-state index contributed by atoms with van der Waals surface area (Å²) in [7, 11) is 0. The lowest BCUT2D eigenvalue weighted by atomic mass is 10.00. The Kier molecular flexibility index (Phi) is 6.42. The Hall–Kier alpha value is -1.59. The molecule has 5 heteroatoms. The Morgan fingerprint density at radius 3 is 2.70 bits per heavy atom. The van der Waals surface area contributed by atoms with Gasteiger partial charge in [0.1, 0.15) is 0 Å². The van der Waals surface area contributed by atoms with Gasteiger partial charge in [-0.15, -0.1) is 0 Å². The van der Waals surface area contributed by atoms with Crippen LogP contribution in [0.3, 0.4) is 0 Å². The van der Waals surface area contributed by atoms with Gasteiger partial charge in [-0.05, 0) is 50.3 Å². The van der Waals surface area contributed by atoms with Gasteiger partial charge >= 0.3 is 6.03 Å². The van der Waals surface area contributed by atoms with Crippen molar-refractivity contribution in [1.29, 1.82) is 0 Å². The number of urea groups is 1. The van der Waals surface area contributed by atoms with E-state index in [1.807, 2.05) is 4.90 Å². The largest absolute Gasteiger partial charge is 0.394 e. The van der Waals surface area contributed by atoms with E-state index in [0.717, 1.165) is 19.4 Å². The Balaban J connectivity index is 1.89. The van der Waals surface area contributed by atoms with Gasteiger partial charge in [0, 0.05) is 19.6 Å². The first-order valence-electron chi connectivity index (χ1n) is 8.33. The standard InChI is InChI=1S/C18H28N2O3/c1-13-9-14(2)17(15(3)10-13)11-19-18(22)20-6-4-5-16(12-20)23-8-7-21/h9-10,16,21H,4-8,11-12H2,1-3H3,(H,19,22). The van der Waals surface area contributed by atoms with E-state index in [1.165, 1.54) is 22.3 Å². The monoisotopic (exact) mass is 320 g/mol. The minimum absolute atomic E-state index is 0.0225. The summed E-state index contributed by atoms with van der Waals surface area (Å²) in [5.41, 5.74) is 4.86. The molecule has 0 radical (unpaired) electrons. The summed E-state index contributed by atoms with van der Waals surface area (Å²) in [5, 5.41) is 11.9. The second-order valence-electron chi connectivity index (χ2n) is 6.34. The molecule has 0 saturated carbocycles. The zero-order valence-electron chi connectivity index (χ0n) is 14.4. The molecule has 1 aromatic rings. The fourth-order valence-electron chi connectivity index (χ4n) is 3.24. The van der Waals surface area contributed by atoms with Crippen LogP contribution in [-0.4, -0.2) is 48.4 Å². The average Bonchev–Trinajstić information content (AvgIpc) is 2.52. The van der Waals surface area contributed by atoms with Crippen LogP contribution >= 0.6 is 0 Å². The van der Waals surface area contributed by atoms with E-state index in [9.17, 15) is 4.79 Å². The fraction of sp³-hybridized carbons (Fsp3) is 0.611. The molecule has 5 nitrogen and oxygen atoms in total. The van der Waals surface area contributed by atoms with E-state index in [4.69, 9.17) is 9.84 Å². The molecule has 1 atom stereocenters. The number of rotatable bonds is 5. The maximum Gasteiger partial charge on any atom is 0.317 e. The zero-order valence-corrected chi connectivity index (χ0v) is 14.4. The maximum absolute atomic E-state index is 12.4. The molecule has 1 saturated heterocycles. The van der Waals surface area contributed by atoms with E-state index >= 15 is 0 Å². The van der Waals surface area contributed by atoms with E-state index in [1.54, 1.807) is 0 Å². The molecule has 0 bridgehead atoms. The van der Waals surface area contributed by atoms with Crippen LogP contribution in [0.5, 0.6) is 0 Å². The van der Waals surface area contributed by atoms with Crippen LogP contribution in [0.2, 0.25) is 0 Å². The number of hydrogen-bond donors (Lipinski definition) is 2. The van der Waals surface area contributed by atoms with Crippen molar-refractivity contribution in [2.75, 3.05) is 26.3 Å². The van der Waals surface area contributed by atoms with Gasteiger partial charge in [0.2, 0.25) is 0 Å². The Morgan fingerprint density at radius 2 is 2.04 bits per heavy atom. The van der Waals surface area contributed by atoms with Crippen LogP contribution < -0.4 is 5.32 Å².